The molecule has 0 spiro atoms. The minimum absolute atomic E-state index is 0.0592. The number of likely N-dealkylation sites (N-methyl/N-ethyl adjacent to an activating group) is 1. The van der Waals surface area contributed by atoms with Crippen LogP contribution in [0.3, 0.4) is 0 Å². The molecule has 0 bridgehead atoms. The molecule has 0 saturated carbocycles. The van der Waals surface area contributed by atoms with Crippen LogP contribution in [0.1, 0.15) is 110 Å². The van der Waals surface area contributed by atoms with E-state index in [1.54, 1.807) is 0 Å². The van der Waals surface area contributed by atoms with Crippen LogP contribution in [0.5, 0.6) is 0 Å². The molecule has 0 fully saturated rings. The molecule has 3 N–H and O–H groups in total. The van der Waals surface area contributed by atoms with Gasteiger partial charge in [0.25, 0.3) is 0 Å². The molecule has 0 heterocycles. The van der Waals surface area contributed by atoms with Crippen molar-refractivity contribution in [3.63, 3.8) is 0 Å². The lowest BCUT2D eigenvalue weighted by atomic mass is 10.0. The Morgan fingerprint density at radius 1 is 0.733 bits per heavy atom. The number of nitrogens with zero attached hydrogens (tertiary/aromatic N) is 1. The highest BCUT2D eigenvalue weighted by atomic mass is 31.2. The molecule has 0 aromatic heterocycles. The van der Waals surface area contributed by atoms with Crippen LogP contribution in [0.4, 0.5) is 0 Å². The summed E-state index contributed by atoms with van der Waals surface area (Å²) in [5.74, 6) is 0. The number of rotatable bonds is 20. The Balaban J connectivity index is 3.67. The van der Waals surface area contributed by atoms with E-state index in [1.807, 2.05) is 21.1 Å². The first-order chi connectivity index (χ1) is 14.0. The molecule has 1 unspecified atom stereocenters. The van der Waals surface area contributed by atoms with Gasteiger partial charge in [-0.3, -0.25) is 4.57 Å². The van der Waals surface area contributed by atoms with Gasteiger partial charge in [0, 0.05) is 0 Å². The predicted octanol–water partition coefficient (Wildman–Crippen LogP) is 6.38. The SMILES string of the molecule is CCCCCCCC/C=C\CCCCCCCCCC(O)(C[N+](C)(C)C)P(=O)(O)O. The Morgan fingerprint density at radius 2 is 1.13 bits per heavy atom. The lowest BCUT2D eigenvalue weighted by Crippen LogP contribution is -2.49. The quantitative estimate of drug-likeness (QED) is 0.0874. The first kappa shape index (κ1) is 29.8. The molecule has 0 saturated heterocycles. The first-order valence-corrected chi connectivity index (χ1v) is 13.9. The second-order valence-corrected chi connectivity index (χ2v) is 11.9. The normalized spacial score (nSPS) is 15.0. The van der Waals surface area contributed by atoms with E-state index in [9.17, 15) is 19.5 Å². The number of hydrogen-bond acceptors (Lipinski definition) is 2. The Bertz CT molecular complexity index is 484. The molecular weight excluding hydrogens is 397 g/mol. The molecule has 0 aromatic rings. The van der Waals surface area contributed by atoms with Gasteiger partial charge in [0.15, 0.2) is 0 Å². The summed E-state index contributed by atoms with van der Waals surface area (Å²) in [7, 11) is 0.971. The zero-order valence-corrected chi connectivity index (χ0v) is 21.2. The smallest absolute Gasteiger partial charge is 0.362 e. The van der Waals surface area contributed by atoms with Crippen LogP contribution < -0.4 is 0 Å². The Morgan fingerprint density at radius 3 is 1.53 bits per heavy atom. The Hall–Kier alpha value is -0.190. The molecule has 0 amide bonds. The minimum atomic E-state index is -4.54. The topological polar surface area (TPSA) is 77.8 Å². The Kier molecular flexibility index (Phi) is 16.3. The van der Waals surface area contributed by atoms with Crippen molar-refractivity contribution in [2.45, 2.75) is 115 Å². The van der Waals surface area contributed by atoms with Crippen molar-refractivity contribution in [2.24, 2.45) is 0 Å². The molecule has 0 aliphatic carbocycles. The second-order valence-electron chi connectivity index (χ2n) is 10.0. The number of allylic oxidation sites excluding steroid dienone is 2. The molecule has 0 aromatic carbocycles. The van der Waals surface area contributed by atoms with Gasteiger partial charge in [-0.25, -0.2) is 0 Å². The van der Waals surface area contributed by atoms with E-state index in [4.69, 9.17) is 0 Å². The highest BCUT2D eigenvalue weighted by Gasteiger charge is 2.48. The molecule has 30 heavy (non-hydrogen) atoms. The van der Waals surface area contributed by atoms with Gasteiger partial charge in [-0.1, -0.05) is 83.3 Å². The van der Waals surface area contributed by atoms with E-state index in [0.717, 1.165) is 19.3 Å². The molecule has 0 aliphatic rings. The van der Waals surface area contributed by atoms with Gasteiger partial charge in [-0.15, -0.1) is 0 Å². The van der Waals surface area contributed by atoms with Gasteiger partial charge < -0.3 is 19.4 Å². The molecule has 5 nitrogen and oxygen atoms in total. The van der Waals surface area contributed by atoms with Crippen LogP contribution in [0.15, 0.2) is 12.2 Å². The summed E-state index contributed by atoms with van der Waals surface area (Å²) < 4.78 is 12.1. The van der Waals surface area contributed by atoms with Gasteiger partial charge in [-0.2, -0.15) is 0 Å². The maximum absolute atomic E-state index is 11.8. The van der Waals surface area contributed by atoms with Gasteiger partial charge in [0.2, 0.25) is 5.34 Å². The van der Waals surface area contributed by atoms with Crippen molar-refractivity contribution < 1.29 is 23.9 Å². The molecular formula is C24H51NO4P+. The van der Waals surface area contributed by atoms with Crippen LogP contribution in [-0.4, -0.2) is 52.4 Å². The van der Waals surface area contributed by atoms with Gasteiger partial charge in [0.05, 0.1) is 21.1 Å². The average molecular weight is 449 g/mol. The molecule has 0 radical (unpaired) electrons. The first-order valence-electron chi connectivity index (χ1n) is 12.3. The van der Waals surface area contributed by atoms with Crippen LogP contribution in [0.25, 0.3) is 0 Å². The summed E-state index contributed by atoms with van der Waals surface area (Å²) in [5.41, 5.74) is 0. The van der Waals surface area contributed by atoms with E-state index >= 15 is 0 Å². The molecule has 0 rings (SSSR count). The van der Waals surface area contributed by atoms with Crippen LogP contribution in [-0.2, 0) is 4.57 Å². The fraction of sp³-hybridized carbons (Fsp3) is 0.917. The van der Waals surface area contributed by atoms with E-state index in [0.29, 0.717) is 10.9 Å². The number of hydrogen-bond donors (Lipinski definition) is 3. The van der Waals surface area contributed by atoms with Crippen LogP contribution in [0, 0.1) is 0 Å². The van der Waals surface area contributed by atoms with Crippen LogP contribution in [0.2, 0.25) is 0 Å². The number of aliphatic hydroxyl groups is 1. The van der Waals surface area contributed by atoms with Gasteiger partial charge in [-0.05, 0) is 38.5 Å². The van der Waals surface area contributed by atoms with Crippen molar-refractivity contribution in [1.29, 1.82) is 0 Å². The maximum atomic E-state index is 11.8. The maximum Gasteiger partial charge on any atom is 0.362 e. The van der Waals surface area contributed by atoms with E-state index in [1.165, 1.54) is 70.6 Å². The van der Waals surface area contributed by atoms with Crippen molar-refractivity contribution in [3.8, 4) is 0 Å². The summed E-state index contributed by atoms with van der Waals surface area (Å²) in [6.45, 7) is 2.32. The highest BCUT2D eigenvalue weighted by molar-refractivity contribution is 7.53. The van der Waals surface area contributed by atoms with E-state index < -0.39 is 12.9 Å². The zero-order chi connectivity index (χ0) is 22.9. The van der Waals surface area contributed by atoms with Crippen LogP contribution >= 0.6 is 7.60 Å². The molecule has 0 aliphatic heterocycles. The van der Waals surface area contributed by atoms with Gasteiger partial charge >= 0.3 is 7.60 Å². The monoisotopic (exact) mass is 448 g/mol. The highest BCUT2D eigenvalue weighted by Crippen LogP contribution is 2.52. The Labute approximate surface area is 186 Å². The number of unbranched alkanes of at least 4 members (excludes halogenated alkanes) is 13. The molecule has 6 heteroatoms. The summed E-state index contributed by atoms with van der Waals surface area (Å²) in [4.78, 5) is 19.2. The summed E-state index contributed by atoms with van der Waals surface area (Å²) in [6.07, 6.45) is 22.9. The predicted molar refractivity (Wildman–Crippen MR) is 129 cm³/mol. The standard InChI is InChI=1S/C24H50NO4P/c1-5-6-7-8-9-10-11-12-13-14-15-16-17-18-19-20-21-22-24(26,30(27,28)29)23-25(2,3)4/h12-13,26H,5-11,14-23H2,1-4H3,(H-,27,28,29)/p+1/b13-12-. The largest absolute Gasteiger partial charge is 0.373 e. The summed E-state index contributed by atoms with van der Waals surface area (Å²) in [6, 6.07) is 0. The zero-order valence-electron chi connectivity index (χ0n) is 20.3. The third kappa shape index (κ3) is 16.5. The lowest BCUT2D eigenvalue weighted by molar-refractivity contribution is -0.875. The fourth-order valence-corrected chi connectivity index (χ4v) is 4.97. The summed E-state index contributed by atoms with van der Waals surface area (Å²) in [5, 5.41) is 8.61. The van der Waals surface area contributed by atoms with Gasteiger partial charge in [0.1, 0.15) is 6.54 Å². The third-order valence-electron chi connectivity index (χ3n) is 5.61. The lowest BCUT2D eigenvalue weighted by Gasteiger charge is -2.35. The second kappa shape index (κ2) is 16.4. The van der Waals surface area contributed by atoms with Crippen molar-refractivity contribution in [1.82, 2.24) is 0 Å². The fourth-order valence-electron chi connectivity index (χ4n) is 3.91. The van der Waals surface area contributed by atoms with Crippen molar-refractivity contribution >= 4 is 7.60 Å². The number of quaternary nitrogens is 1. The minimum Gasteiger partial charge on any atom is -0.373 e. The molecule has 1 atom stereocenters. The average Bonchev–Trinajstić information content (AvgIpc) is 2.62. The van der Waals surface area contributed by atoms with E-state index in [2.05, 4.69) is 19.1 Å². The summed E-state index contributed by atoms with van der Waals surface area (Å²) >= 11 is 0. The van der Waals surface area contributed by atoms with Crippen molar-refractivity contribution in [3.05, 3.63) is 12.2 Å². The van der Waals surface area contributed by atoms with E-state index in [-0.39, 0.29) is 13.0 Å². The van der Waals surface area contributed by atoms with Crippen molar-refractivity contribution in [2.75, 3.05) is 27.7 Å². The molecule has 180 valence electrons. The third-order valence-corrected chi connectivity index (χ3v) is 7.06.